The molecule has 0 aliphatic carbocycles. The molecule has 9 heteroatoms. The zero-order valence-electron chi connectivity index (χ0n) is 13.0. The third kappa shape index (κ3) is 4.15. The van der Waals surface area contributed by atoms with Crippen LogP contribution in [-0.2, 0) is 4.74 Å². The Kier molecular flexibility index (Phi) is 4.95. The first-order valence-electron chi connectivity index (χ1n) is 7.05. The zero-order chi connectivity index (χ0) is 17.6. The van der Waals surface area contributed by atoms with E-state index in [1.54, 1.807) is 35.8 Å². The molecule has 0 aliphatic rings. The van der Waals surface area contributed by atoms with Crippen molar-refractivity contribution in [1.82, 2.24) is 15.0 Å². The molecular formula is C16H12N4O4S. The number of benzene rings is 1. The smallest absolute Gasteiger partial charge is 0.358 e. The molecule has 0 unspecified atom stereocenters. The number of esters is 1. The summed E-state index contributed by atoms with van der Waals surface area (Å²) < 4.78 is 10.1. The number of nitrogens with one attached hydrogen (secondary N) is 1. The van der Waals surface area contributed by atoms with Crippen LogP contribution in [0.3, 0.4) is 0 Å². The van der Waals surface area contributed by atoms with Gasteiger partial charge in [0.25, 0.3) is 5.91 Å². The molecule has 2 heterocycles. The summed E-state index contributed by atoms with van der Waals surface area (Å²) in [5.74, 6) is -0.288. The summed E-state index contributed by atoms with van der Waals surface area (Å²) in [5.41, 5.74) is 0.485. The number of thiazole rings is 1. The van der Waals surface area contributed by atoms with Crippen molar-refractivity contribution in [2.75, 3.05) is 12.4 Å². The highest BCUT2D eigenvalue weighted by atomic mass is 32.1. The van der Waals surface area contributed by atoms with E-state index in [0.29, 0.717) is 16.4 Å². The number of methoxy groups -OCH3 is 1. The van der Waals surface area contributed by atoms with E-state index in [4.69, 9.17) is 4.74 Å². The predicted molar refractivity (Wildman–Crippen MR) is 90.0 cm³/mol. The fourth-order valence-electron chi connectivity index (χ4n) is 1.85. The Labute approximate surface area is 146 Å². The van der Waals surface area contributed by atoms with Crippen LogP contribution in [-0.4, -0.2) is 33.9 Å². The summed E-state index contributed by atoms with van der Waals surface area (Å²) in [6, 6.07) is 6.58. The van der Waals surface area contributed by atoms with E-state index >= 15 is 0 Å². The van der Waals surface area contributed by atoms with Gasteiger partial charge in [0, 0.05) is 17.1 Å². The van der Waals surface area contributed by atoms with Crippen LogP contribution in [0, 0.1) is 0 Å². The molecule has 3 rings (SSSR count). The number of carbonyl (C=O) groups is 2. The van der Waals surface area contributed by atoms with Gasteiger partial charge in [-0.3, -0.25) is 10.1 Å². The van der Waals surface area contributed by atoms with Gasteiger partial charge in [-0.25, -0.2) is 19.7 Å². The number of hydrogen-bond acceptors (Lipinski definition) is 8. The van der Waals surface area contributed by atoms with Crippen LogP contribution in [0.1, 0.15) is 20.8 Å². The van der Waals surface area contributed by atoms with Gasteiger partial charge >= 0.3 is 5.97 Å². The molecule has 3 aromatic rings. The number of amides is 1. The van der Waals surface area contributed by atoms with Crippen molar-refractivity contribution in [3.05, 3.63) is 59.5 Å². The van der Waals surface area contributed by atoms with Gasteiger partial charge in [0.2, 0.25) is 5.88 Å². The first-order chi connectivity index (χ1) is 12.2. The predicted octanol–water partition coefficient (Wildman–Crippen LogP) is 2.76. The van der Waals surface area contributed by atoms with Gasteiger partial charge in [-0.1, -0.05) is 6.07 Å². The molecule has 0 saturated carbocycles. The van der Waals surface area contributed by atoms with Crippen LogP contribution in [0.2, 0.25) is 0 Å². The molecule has 2 aromatic heterocycles. The van der Waals surface area contributed by atoms with Crippen molar-refractivity contribution >= 4 is 28.3 Å². The number of anilines is 1. The maximum absolute atomic E-state index is 12.2. The van der Waals surface area contributed by atoms with E-state index in [0.717, 1.165) is 0 Å². The van der Waals surface area contributed by atoms with E-state index in [2.05, 4.69) is 25.0 Å². The second kappa shape index (κ2) is 7.49. The van der Waals surface area contributed by atoms with Crippen LogP contribution in [0.4, 0.5) is 5.13 Å². The molecule has 0 saturated heterocycles. The van der Waals surface area contributed by atoms with Crippen molar-refractivity contribution in [2.45, 2.75) is 0 Å². The minimum absolute atomic E-state index is 0.0754. The molecule has 1 N–H and O–H groups in total. The lowest BCUT2D eigenvalue weighted by Gasteiger charge is -2.07. The quantitative estimate of drug-likeness (QED) is 0.701. The summed E-state index contributed by atoms with van der Waals surface area (Å²) in [6.07, 6.45) is 4.16. The molecule has 1 amide bonds. The van der Waals surface area contributed by atoms with Crippen LogP contribution >= 0.6 is 11.3 Å². The van der Waals surface area contributed by atoms with Gasteiger partial charge in [0.1, 0.15) is 5.75 Å². The molecule has 0 radical (unpaired) electrons. The Morgan fingerprint density at radius 1 is 1.16 bits per heavy atom. The first kappa shape index (κ1) is 16.5. The summed E-state index contributed by atoms with van der Waals surface area (Å²) in [4.78, 5) is 35.4. The number of hydrogen-bond donors (Lipinski definition) is 1. The Morgan fingerprint density at radius 3 is 2.72 bits per heavy atom. The maximum atomic E-state index is 12.2. The van der Waals surface area contributed by atoms with E-state index in [1.807, 2.05) is 0 Å². The van der Waals surface area contributed by atoms with E-state index in [-0.39, 0.29) is 17.5 Å². The maximum Gasteiger partial charge on any atom is 0.358 e. The topological polar surface area (TPSA) is 103 Å². The molecule has 0 fully saturated rings. The molecular weight excluding hydrogens is 344 g/mol. The molecule has 0 bridgehead atoms. The van der Waals surface area contributed by atoms with Gasteiger partial charge < -0.3 is 9.47 Å². The highest BCUT2D eigenvalue weighted by Crippen LogP contribution is 2.21. The highest BCUT2D eigenvalue weighted by Gasteiger charge is 2.11. The first-order valence-corrected chi connectivity index (χ1v) is 7.93. The normalized spacial score (nSPS) is 10.1. The monoisotopic (exact) mass is 356 g/mol. The molecule has 8 nitrogen and oxygen atoms in total. The molecule has 25 heavy (non-hydrogen) atoms. The number of aromatic nitrogens is 3. The Hall–Kier alpha value is -3.33. The van der Waals surface area contributed by atoms with Crippen molar-refractivity contribution in [1.29, 1.82) is 0 Å². The second-order valence-corrected chi connectivity index (χ2v) is 5.55. The van der Waals surface area contributed by atoms with E-state index < -0.39 is 5.97 Å². The number of nitrogens with zero attached hydrogens (tertiary/aromatic N) is 3. The van der Waals surface area contributed by atoms with Crippen molar-refractivity contribution in [3.63, 3.8) is 0 Å². The third-order valence-corrected chi connectivity index (χ3v) is 3.68. The van der Waals surface area contributed by atoms with Crippen molar-refractivity contribution < 1.29 is 19.1 Å². The third-order valence-electron chi connectivity index (χ3n) is 2.99. The SMILES string of the molecule is COC(=O)c1cnc(Oc2cccc(C(=O)Nc3nccs3)c2)cn1. The molecule has 0 spiro atoms. The minimum atomic E-state index is -0.583. The average Bonchev–Trinajstić information content (AvgIpc) is 3.15. The van der Waals surface area contributed by atoms with Crippen LogP contribution in [0.25, 0.3) is 0 Å². The lowest BCUT2D eigenvalue weighted by molar-refractivity contribution is 0.0593. The van der Waals surface area contributed by atoms with Gasteiger partial charge in [-0.05, 0) is 18.2 Å². The molecule has 0 atom stereocenters. The Morgan fingerprint density at radius 2 is 2.04 bits per heavy atom. The van der Waals surface area contributed by atoms with Crippen molar-refractivity contribution in [3.8, 4) is 11.6 Å². The van der Waals surface area contributed by atoms with Crippen molar-refractivity contribution in [2.24, 2.45) is 0 Å². The second-order valence-electron chi connectivity index (χ2n) is 4.65. The Balaban J connectivity index is 1.71. The largest absolute Gasteiger partial charge is 0.464 e. The van der Waals surface area contributed by atoms with E-state index in [9.17, 15) is 9.59 Å². The fraction of sp³-hybridized carbons (Fsp3) is 0.0625. The van der Waals surface area contributed by atoms with Crippen LogP contribution in [0.15, 0.2) is 48.2 Å². The number of rotatable bonds is 5. The Bertz CT molecular complexity index is 881. The summed E-state index contributed by atoms with van der Waals surface area (Å²) in [7, 11) is 1.26. The van der Waals surface area contributed by atoms with Gasteiger partial charge in [-0.2, -0.15) is 0 Å². The van der Waals surface area contributed by atoms with Gasteiger partial charge in [0.05, 0.1) is 19.5 Å². The lowest BCUT2D eigenvalue weighted by Crippen LogP contribution is -2.11. The van der Waals surface area contributed by atoms with Crippen LogP contribution in [0.5, 0.6) is 11.6 Å². The fourth-order valence-corrected chi connectivity index (χ4v) is 2.38. The molecule has 0 aliphatic heterocycles. The van der Waals surface area contributed by atoms with E-state index in [1.165, 1.54) is 30.8 Å². The standard InChI is InChI=1S/C16H12N4O4S/c1-23-15(22)12-8-19-13(9-18-12)24-11-4-2-3-10(7-11)14(21)20-16-17-5-6-25-16/h2-9H,1H3,(H,17,20,21). The van der Waals surface area contributed by atoms with Gasteiger partial charge in [0.15, 0.2) is 10.8 Å². The summed E-state index contributed by atoms with van der Waals surface area (Å²) in [6.45, 7) is 0. The highest BCUT2D eigenvalue weighted by molar-refractivity contribution is 7.13. The van der Waals surface area contributed by atoms with Gasteiger partial charge in [-0.15, -0.1) is 11.3 Å². The summed E-state index contributed by atoms with van der Waals surface area (Å²) in [5, 5.41) is 4.97. The minimum Gasteiger partial charge on any atom is -0.464 e. The average molecular weight is 356 g/mol. The lowest BCUT2D eigenvalue weighted by atomic mass is 10.2. The molecule has 1 aromatic carbocycles. The summed E-state index contributed by atoms with van der Waals surface area (Å²) >= 11 is 1.33. The zero-order valence-corrected chi connectivity index (χ0v) is 13.8. The molecule has 126 valence electrons. The number of ether oxygens (including phenoxy) is 2. The van der Waals surface area contributed by atoms with Crippen LogP contribution < -0.4 is 10.1 Å². The number of carbonyl (C=O) groups excluding carboxylic acids is 2.